The molecular formula is C20H28N6O2S. The Morgan fingerprint density at radius 2 is 1.93 bits per heavy atom. The number of fused-ring (bicyclic) bond motifs is 4. The van der Waals surface area contributed by atoms with E-state index in [1.165, 1.54) is 31.2 Å². The number of nitrogens with zero attached hydrogens (tertiary/aromatic N) is 5. The molecule has 9 heteroatoms. The van der Waals surface area contributed by atoms with E-state index in [9.17, 15) is 8.42 Å². The van der Waals surface area contributed by atoms with Gasteiger partial charge in [0.25, 0.3) is 0 Å². The van der Waals surface area contributed by atoms with Gasteiger partial charge in [0.2, 0.25) is 16.0 Å². The Labute approximate surface area is 171 Å². The highest BCUT2D eigenvalue weighted by Crippen LogP contribution is 2.39. The topological polar surface area (TPSA) is 92.5 Å². The van der Waals surface area contributed by atoms with Crippen molar-refractivity contribution in [2.75, 3.05) is 24.7 Å². The van der Waals surface area contributed by atoms with E-state index >= 15 is 0 Å². The van der Waals surface area contributed by atoms with E-state index < -0.39 is 10.0 Å². The van der Waals surface area contributed by atoms with Crippen LogP contribution in [0.5, 0.6) is 0 Å². The van der Waals surface area contributed by atoms with E-state index in [-0.39, 0.29) is 11.6 Å². The summed E-state index contributed by atoms with van der Waals surface area (Å²) in [5.74, 6) is 0.629. The molecule has 0 aromatic carbocycles. The normalized spacial score (nSPS) is 22.8. The highest BCUT2D eigenvalue weighted by atomic mass is 32.2. The third-order valence-electron chi connectivity index (χ3n) is 6.62. The third kappa shape index (κ3) is 3.44. The van der Waals surface area contributed by atoms with Crippen molar-refractivity contribution in [3.63, 3.8) is 0 Å². The van der Waals surface area contributed by atoms with Crippen LogP contribution in [0.4, 0.5) is 5.95 Å². The highest BCUT2D eigenvalue weighted by molar-refractivity contribution is 7.88. The van der Waals surface area contributed by atoms with Crippen molar-refractivity contribution in [2.45, 2.75) is 63.1 Å². The molecule has 8 nitrogen and oxygen atoms in total. The van der Waals surface area contributed by atoms with E-state index in [2.05, 4.69) is 32.1 Å². The minimum atomic E-state index is -3.11. The lowest BCUT2D eigenvalue weighted by Gasteiger charge is -2.39. The molecule has 2 aromatic heterocycles. The summed E-state index contributed by atoms with van der Waals surface area (Å²) in [5.41, 5.74) is 2.16. The summed E-state index contributed by atoms with van der Waals surface area (Å²) >= 11 is 0. The fourth-order valence-corrected chi connectivity index (χ4v) is 6.00. The SMILES string of the molecule is CS(=O)(=O)N1CCC(Nc2ncc3cc4n(c3n2)C2(C=NC4)CCCCC2)CC1. The van der Waals surface area contributed by atoms with E-state index in [0.717, 1.165) is 36.7 Å². The lowest BCUT2D eigenvalue weighted by atomic mass is 9.81. The molecule has 0 atom stereocenters. The van der Waals surface area contributed by atoms with Gasteiger partial charge in [0.05, 0.1) is 18.3 Å². The summed E-state index contributed by atoms with van der Waals surface area (Å²) in [6.07, 6.45) is 12.8. The number of sulfonamides is 1. The van der Waals surface area contributed by atoms with Gasteiger partial charge in [-0.2, -0.15) is 4.98 Å². The smallest absolute Gasteiger partial charge is 0.224 e. The molecule has 5 rings (SSSR count). The summed E-state index contributed by atoms with van der Waals surface area (Å²) < 4.78 is 27.4. The summed E-state index contributed by atoms with van der Waals surface area (Å²) in [6.45, 7) is 1.78. The first-order chi connectivity index (χ1) is 13.9. The van der Waals surface area contributed by atoms with Crippen molar-refractivity contribution in [3.8, 4) is 0 Å². The summed E-state index contributed by atoms with van der Waals surface area (Å²) in [5, 5.41) is 4.51. The van der Waals surface area contributed by atoms with E-state index in [4.69, 9.17) is 4.98 Å². The molecule has 0 unspecified atom stereocenters. The standard InChI is InChI=1S/C20H28N6O2S/c1-29(27,28)25-9-5-16(6-10-25)23-19-22-12-15-11-17-13-21-14-20(7-3-2-4-8-20)26(17)18(15)24-19/h11-12,14,16H,2-10,13H2,1H3,(H,22,23,24). The number of rotatable bonds is 3. The zero-order valence-corrected chi connectivity index (χ0v) is 17.7. The maximum atomic E-state index is 11.7. The second kappa shape index (κ2) is 7.05. The van der Waals surface area contributed by atoms with Gasteiger partial charge in [-0.1, -0.05) is 19.3 Å². The van der Waals surface area contributed by atoms with Gasteiger partial charge in [-0.05, 0) is 31.7 Å². The molecule has 2 aliphatic heterocycles. The van der Waals surface area contributed by atoms with Crippen LogP contribution >= 0.6 is 0 Å². The number of hydrogen-bond acceptors (Lipinski definition) is 6. The number of aromatic nitrogens is 3. The first-order valence-corrected chi connectivity index (χ1v) is 12.4. The van der Waals surface area contributed by atoms with Gasteiger partial charge in [-0.15, -0.1) is 0 Å². The van der Waals surface area contributed by atoms with Crippen LogP contribution in [-0.4, -0.2) is 58.9 Å². The van der Waals surface area contributed by atoms with Crippen molar-refractivity contribution in [1.29, 1.82) is 0 Å². The maximum absolute atomic E-state index is 11.7. The fourth-order valence-electron chi connectivity index (χ4n) is 5.12. The predicted octanol–water partition coefficient (Wildman–Crippen LogP) is 2.51. The van der Waals surface area contributed by atoms with Crippen molar-refractivity contribution in [3.05, 3.63) is 18.0 Å². The molecule has 2 fully saturated rings. The zero-order valence-electron chi connectivity index (χ0n) is 16.8. The fraction of sp³-hybridized carbons (Fsp3) is 0.650. The second-order valence-electron chi connectivity index (χ2n) is 8.66. The molecule has 1 spiro atoms. The number of hydrogen-bond donors (Lipinski definition) is 1. The van der Waals surface area contributed by atoms with Crippen LogP contribution in [0.25, 0.3) is 11.0 Å². The molecule has 0 amide bonds. The average Bonchev–Trinajstić information content (AvgIpc) is 3.08. The van der Waals surface area contributed by atoms with Crippen molar-refractivity contribution in [2.24, 2.45) is 4.99 Å². The average molecular weight is 417 g/mol. The van der Waals surface area contributed by atoms with Crippen LogP contribution in [0.1, 0.15) is 50.6 Å². The minimum Gasteiger partial charge on any atom is -0.351 e. The van der Waals surface area contributed by atoms with Gasteiger partial charge in [-0.3, -0.25) is 4.99 Å². The molecule has 1 saturated heterocycles. The van der Waals surface area contributed by atoms with Crippen LogP contribution in [0.2, 0.25) is 0 Å². The van der Waals surface area contributed by atoms with Gasteiger partial charge in [0, 0.05) is 42.6 Å². The molecule has 2 aromatic rings. The lowest BCUT2D eigenvalue weighted by molar-refractivity contribution is 0.282. The Morgan fingerprint density at radius 3 is 2.66 bits per heavy atom. The van der Waals surface area contributed by atoms with Gasteiger partial charge < -0.3 is 9.88 Å². The molecule has 0 radical (unpaired) electrons. The maximum Gasteiger partial charge on any atom is 0.224 e. The Morgan fingerprint density at radius 1 is 1.17 bits per heavy atom. The quantitative estimate of drug-likeness (QED) is 0.830. The van der Waals surface area contributed by atoms with Crippen molar-refractivity contribution in [1.82, 2.24) is 18.8 Å². The van der Waals surface area contributed by atoms with Crippen LogP contribution in [0.15, 0.2) is 17.3 Å². The third-order valence-corrected chi connectivity index (χ3v) is 7.93. The van der Waals surface area contributed by atoms with Crippen molar-refractivity contribution < 1.29 is 8.42 Å². The summed E-state index contributed by atoms with van der Waals surface area (Å²) in [4.78, 5) is 14.1. The molecule has 156 valence electrons. The van der Waals surface area contributed by atoms with Crippen LogP contribution in [-0.2, 0) is 22.1 Å². The first-order valence-electron chi connectivity index (χ1n) is 10.6. The Hall–Kier alpha value is -2.00. The molecule has 1 N–H and O–H groups in total. The Kier molecular flexibility index (Phi) is 4.62. The Bertz CT molecular complexity index is 1050. The lowest BCUT2D eigenvalue weighted by Crippen LogP contribution is -2.42. The second-order valence-corrected chi connectivity index (χ2v) is 10.6. The number of anilines is 1. The Balaban J connectivity index is 1.41. The number of nitrogens with one attached hydrogen (secondary N) is 1. The molecule has 1 saturated carbocycles. The zero-order chi connectivity index (χ0) is 20.1. The molecule has 1 aliphatic carbocycles. The van der Waals surface area contributed by atoms with Gasteiger partial charge in [0.1, 0.15) is 5.65 Å². The summed E-state index contributed by atoms with van der Waals surface area (Å²) in [6, 6.07) is 2.36. The monoisotopic (exact) mass is 416 g/mol. The van der Waals surface area contributed by atoms with Crippen LogP contribution in [0.3, 0.4) is 0 Å². The van der Waals surface area contributed by atoms with Crippen molar-refractivity contribution >= 4 is 33.2 Å². The van der Waals surface area contributed by atoms with Gasteiger partial charge in [0.15, 0.2) is 0 Å². The van der Waals surface area contributed by atoms with Gasteiger partial charge in [-0.25, -0.2) is 17.7 Å². The van der Waals surface area contributed by atoms with Gasteiger partial charge >= 0.3 is 0 Å². The summed E-state index contributed by atoms with van der Waals surface area (Å²) in [7, 11) is -3.11. The van der Waals surface area contributed by atoms with E-state index in [1.807, 2.05) is 6.20 Å². The van der Waals surface area contributed by atoms with Crippen LogP contribution in [0, 0.1) is 0 Å². The molecule has 0 bridgehead atoms. The number of piperidine rings is 1. The largest absolute Gasteiger partial charge is 0.351 e. The molecule has 29 heavy (non-hydrogen) atoms. The minimum absolute atomic E-state index is 0.0416. The van der Waals surface area contributed by atoms with Crippen LogP contribution < -0.4 is 5.32 Å². The molecule has 4 heterocycles. The van der Waals surface area contributed by atoms with E-state index in [0.29, 0.717) is 25.6 Å². The molecule has 3 aliphatic rings. The molecular weight excluding hydrogens is 388 g/mol. The first kappa shape index (κ1) is 19.0. The number of aliphatic imine (C=N–C) groups is 1. The predicted molar refractivity (Wildman–Crippen MR) is 114 cm³/mol. The van der Waals surface area contributed by atoms with E-state index in [1.54, 1.807) is 4.31 Å². The highest BCUT2D eigenvalue weighted by Gasteiger charge is 2.37.